The molecule has 1 saturated heterocycles. The SMILES string of the molecule is C[C@H]1CCCN(C(=O)CCn2cnc3c2c(=O)n(C)c(=O)n3C)C1. The molecule has 1 fully saturated rings. The van der Waals surface area contributed by atoms with Crippen molar-refractivity contribution in [2.75, 3.05) is 13.1 Å². The summed E-state index contributed by atoms with van der Waals surface area (Å²) in [7, 11) is 3.03. The topological polar surface area (TPSA) is 82.1 Å². The molecule has 0 aliphatic carbocycles. The Morgan fingerprint density at radius 2 is 2.04 bits per heavy atom. The Morgan fingerprint density at radius 1 is 1.29 bits per heavy atom. The molecule has 8 nitrogen and oxygen atoms in total. The molecule has 0 N–H and O–H groups in total. The van der Waals surface area contributed by atoms with Crippen LogP contribution in [0.3, 0.4) is 0 Å². The van der Waals surface area contributed by atoms with Gasteiger partial charge in [-0.1, -0.05) is 6.92 Å². The van der Waals surface area contributed by atoms with E-state index in [2.05, 4.69) is 11.9 Å². The summed E-state index contributed by atoms with van der Waals surface area (Å²) in [6.07, 6.45) is 4.06. The lowest BCUT2D eigenvalue weighted by atomic mass is 10.00. The molecule has 1 aliphatic rings. The molecular weight excluding hydrogens is 310 g/mol. The zero-order chi connectivity index (χ0) is 17.4. The first kappa shape index (κ1) is 16.5. The zero-order valence-electron chi connectivity index (χ0n) is 14.4. The van der Waals surface area contributed by atoms with E-state index in [1.807, 2.05) is 4.90 Å². The van der Waals surface area contributed by atoms with Crippen molar-refractivity contribution in [1.29, 1.82) is 0 Å². The van der Waals surface area contributed by atoms with Crippen LogP contribution in [0.5, 0.6) is 0 Å². The summed E-state index contributed by atoms with van der Waals surface area (Å²) in [6.45, 7) is 4.16. The molecule has 1 amide bonds. The van der Waals surface area contributed by atoms with Crippen LogP contribution in [-0.2, 0) is 25.4 Å². The highest BCUT2D eigenvalue weighted by Crippen LogP contribution is 2.16. The molecule has 8 heteroatoms. The van der Waals surface area contributed by atoms with E-state index in [1.165, 1.54) is 24.4 Å². The summed E-state index contributed by atoms with van der Waals surface area (Å²) in [4.78, 5) is 42.8. The predicted molar refractivity (Wildman–Crippen MR) is 89.8 cm³/mol. The lowest BCUT2D eigenvalue weighted by Crippen LogP contribution is -2.39. The molecule has 1 aliphatic heterocycles. The van der Waals surface area contributed by atoms with E-state index in [1.54, 1.807) is 11.6 Å². The van der Waals surface area contributed by atoms with Gasteiger partial charge in [-0.2, -0.15) is 0 Å². The number of carbonyl (C=O) groups excluding carboxylic acids is 1. The zero-order valence-corrected chi connectivity index (χ0v) is 14.4. The van der Waals surface area contributed by atoms with Gasteiger partial charge in [0.25, 0.3) is 5.56 Å². The second kappa shape index (κ2) is 6.26. The minimum Gasteiger partial charge on any atom is -0.342 e. The maximum Gasteiger partial charge on any atom is 0.332 e. The van der Waals surface area contributed by atoms with Crippen molar-refractivity contribution in [1.82, 2.24) is 23.6 Å². The van der Waals surface area contributed by atoms with Crippen LogP contribution in [0.4, 0.5) is 0 Å². The summed E-state index contributed by atoms with van der Waals surface area (Å²) in [5.74, 6) is 0.642. The normalized spacial score (nSPS) is 18.3. The van der Waals surface area contributed by atoms with E-state index >= 15 is 0 Å². The lowest BCUT2D eigenvalue weighted by molar-refractivity contribution is -0.133. The number of aromatic nitrogens is 4. The summed E-state index contributed by atoms with van der Waals surface area (Å²) in [5.41, 5.74) is -0.0812. The number of rotatable bonds is 3. The van der Waals surface area contributed by atoms with Crippen molar-refractivity contribution in [2.24, 2.45) is 20.0 Å². The van der Waals surface area contributed by atoms with Gasteiger partial charge in [-0.05, 0) is 18.8 Å². The van der Waals surface area contributed by atoms with Crippen LogP contribution in [-0.4, -0.2) is 42.6 Å². The third-order valence-electron chi connectivity index (χ3n) is 4.79. The molecule has 3 rings (SSSR count). The first-order valence-electron chi connectivity index (χ1n) is 8.28. The molecule has 0 unspecified atom stereocenters. The van der Waals surface area contributed by atoms with Crippen LogP contribution in [0.1, 0.15) is 26.2 Å². The molecular formula is C16H23N5O3. The highest BCUT2D eigenvalue weighted by molar-refractivity contribution is 5.76. The Hall–Kier alpha value is -2.38. The molecule has 24 heavy (non-hydrogen) atoms. The fourth-order valence-corrected chi connectivity index (χ4v) is 3.36. The number of hydrogen-bond donors (Lipinski definition) is 0. The van der Waals surface area contributed by atoms with Crippen molar-refractivity contribution >= 4 is 17.1 Å². The van der Waals surface area contributed by atoms with Gasteiger partial charge in [0.1, 0.15) is 0 Å². The van der Waals surface area contributed by atoms with Crippen molar-refractivity contribution in [3.05, 3.63) is 27.2 Å². The van der Waals surface area contributed by atoms with Crippen LogP contribution in [0.15, 0.2) is 15.9 Å². The van der Waals surface area contributed by atoms with Gasteiger partial charge in [0.2, 0.25) is 5.91 Å². The van der Waals surface area contributed by atoms with Gasteiger partial charge >= 0.3 is 5.69 Å². The van der Waals surface area contributed by atoms with E-state index in [-0.39, 0.29) is 11.5 Å². The van der Waals surface area contributed by atoms with E-state index in [0.717, 1.165) is 24.1 Å². The van der Waals surface area contributed by atoms with E-state index in [4.69, 9.17) is 0 Å². The van der Waals surface area contributed by atoms with Crippen LogP contribution in [0, 0.1) is 5.92 Å². The number of likely N-dealkylation sites (tertiary alicyclic amines) is 1. The Bertz CT molecular complexity index is 891. The molecule has 0 radical (unpaired) electrons. The molecule has 3 heterocycles. The summed E-state index contributed by atoms with van der Waals surface area (Å²) >= 11 is 0. The van der Waals surface area contributed by atoms with Crippen molar-refractivity contribution in [3.63, 3.8) is 0 Å². The van der Waals surface area contributed by atoms with E-state index < -0.39 is 5.69 Å². The van der Waals surface area contributed by atoms with Crippen LogP contribution in [0.2, 0.25) is 0 Å². The first-order chi connectivity index (χ1) is 11.4. The van der Waals surface area contributed by atoms with Gasteiger partial charge in [0, 0.05) is 40.2 Å². The molecule has 2 aromatic rings. The maximum absolute atomic E-state index is 12.4. The van der Waals surface area contributed by atoms with Gasteiger partial charge in [0.05, 0.1) is 6.33 Å². The van der Waals surface area contributed by atoms with Crippen molar-refractivity contribution < 1.29 is 4.79 Å². The van der Waals surface area contributed by atoms with Crippen LogP contribution < -0.4 is 11.2 Å². The second-order valence-corrected chi connectivity index (χ2v) is 6.65. The Morgan fingerprint density at radius 3 is 2.75 bits per heavy atom. The number of fused-ring (bicyclic) bond motifs is 1. The Balaban J connectivity index is 1.83. The van der Waals surface area contributed by atoms with Gasteiger partial charge < -0.3 is 9.47 Å². The van der Waals surface area contributed by atoms with Gasteiger partial charge in [-0.3, -0.25) is 18.7 Å². The van der Waals surface area contributed by atoms with E-state index in [9.17, 15) is 14.4 Å². The number of amides is 1. The quantitative estimate of drug-likeness (QED) is 0.797. The molecule has 0 bridgehead atoms. The summed E-state index contributed by atoms with van der Waals surface area (Å²) < 4.78 is 4.08. The van der Waals surface area contributed by atoms with E-state index in [0.29, 0.717) is 30.0 Å². The third-order valence-corrected chi connectivity index (χ3v) is 4.79. The standard InChI is InChI=1S/C16H23N5O3/c1-11-5-4-7-20(9-11)12(22)6-8-21-10-17-14-13(21)15(23)19(3)16(24)18(14)2/h10-11H,4-9H2,1-3H3/t11-/m0/s1. The number of imidazole rings is 1. The first-order valence-corrected chi connectivity index (χ1v) is 8.28. The average molecular weight is 333 g/mol. The third kappa shape index (κ3) is 2.76. The van der Waals surface area contributed by atoms with Crippen molar-refractivity contribution in [3.8, 4) is 0 Å². The van der Waals surface area contributed by atoms with Crippen LogP contribution >= 0.6 is 0 Å². The van der Waals surface area contributed by atoms with Gasteiger partial charge in [-0.25, -0.2) is 9.78 Å². The molecule has 130 valence electrons. The number of nitrogens with zero attached hydrogens (tertiary/aromatic N) is 5. The fourth-order valence-electron chi connectivity index (χ4n) is 3.36. The minimum atomic E-state index is -0.406. The van der Waals surface area contributed by atoms with Gasteiger partial charge in [-0.15, -0.1) is 0 Å². The highest BCUT2D eigenvalue weighted by Gasteiger charge is 2.21. The van der Waals surface area contributed by atoms with Crippen LogP contribution in [0.25, 0.3) is 11.2 Å². The smallest absolute Gasteiger partial charge is 0.332 e. The van der Waals surface area contributed by atoms with Crippen molar-refractivity contribution in [2.45, 2.75) is 32.7 Å². The molecule has 0 spiro atoms. The maximum atomic E-state index is 12.4. The highest BCUT2D eigenvalue weighted by atomic mass is 16.2. The Labute approximate surface area is 139 Å². The Kier molecular flexibility index (Phi) is 4.29. The molecule has 0 saturated carbocycles. The second-order valence-electron chi connectivity index (χ2n) is 6.65. The monoisotopic (exact) mass is 333 g/mol. The summed E-state index contributed by atoms with van der Waals surface area (Å²) in [5, 5.41) is 0. The molecule has 1 atom stereocenters. The number of hydrogen-bond acceptors (Lipinski definition) is 4. The number of aryl methyl sites for hydroxylation is 2. The number of carbonyl (C=O) groups is 1. The summed E-state index contributed by atoms with van der Waals surface area (Å²) in [6, 6.07) is 0. The van der Waals surface area contributed by atoms with Gasteiger partial charge in [0.15, 0.2) is 11.2 Å². The predicted octanol–water partition coefficient (Wildman–Crippen LogP) is 0.0823. The molecule has 0 aromatic carbocycles. The fraction of sp³-hybridized carbons (Fsp3) is 0.625. The largest absolute Gasteiger partial charge is 0.342 e. The minimum absolute atomic E-state index is 0.102. The number of piperidine rings is 1. The lowest BCUT2D eigenvalue weighted by Gasteiger charge is -2.31. The average Bonchev–Trinajstić information content (AvgIpc) is 3.00. The molecule has 2 aromatic heterocycles.